The van der Waals surface area contributed by atoms with Crippen molar-refractivity contribution in [3.63, 3.8) is 0 Å². The molecule has 0 atom stereocenters. The van der Waals surface area contributed by atoms with Crippen LogP contribution >= 0.6 is 11.3 Å². The number of ketones is 1. The smallest absolute Gasteiger partial charge is 0.184 e. The molecule has 1 aliphatic carbocycles. The second-order valence-electron chi connectivity index (χ2n) is 6.92. The van der Waals surface area contributed by atoms with E-state index in [2.05, 4.69) is 28.4 Å². The minimum absolute atomic E-state index is 0.0790. The van der Waals surface area contributed by atoms with Gasteiger partial charge < -0.3 is 0 Å². The Morgan fingerprint density at radius 2 is 1.57 bits per heavy atom. The Labute approximate surface area is 168 Å². The lowest BCUT2D eigenvalue weighted by Crippen LogP contribution is -2.06. The summed E-state index contributed by atoms with van der Waals surface area (Å²) < 4.78 is 1.20. The third kappa shape index (κ3) is 3.51. The number of rotatable bonds is 3. The number of aryl methyl sites for hydroxylation is 1. The van der Waals surface area contributed by atoms with Gasteiger partial charge in [0.05, 0.1) is 10.6 Å². The number of hydrogen-bond donors (Lipinski definition) is 0. The Bertz CT molecular complexity index is 1150. The zero-order valence-electron chi connectivity index (χ0n) is 16.1. The Morgan fingerprint density at radius 3 is 2.29 bits per heavy atom. The fourth-order valence-corrected chi connectivity index (χ4v) is 4.28. The van der Waals surface area contributed by atoms with Crippen LogP contribution in [0.4, 0.5) is 5.69 Å². The van der Waals surface area contributed by atoms with Crippen molar-refractivity contribution >= 4 is 38.6 Å². The maximum absolute atomic E-state index is 12.2. The first-order valence-corrected chi connectivity index (χ1v) is 9.96. The van der Waals surface area contributed by atoms with E-state index in [1.54, 1.807) is 11.3 Å². The molecule has 0 fully saturated rings. The SMILES string of the molecule is CC1=CC(=C(N=Nc2ccccc2C)c2cc3ccccc3s2)C=C(C)C1=O. The average molecular weight is 385 g/mol. The van der Waals surface area contributed by atoms with Crippen LogP contribution < -0.4 is 0 Å². The van der Waals surface area contributed by atoms with Crippen molar-refractivity contribution in [2.45, 2.75) is 20.8 Å². The number of nitrogens with zero attached hydrogens (tertiary/aromatic N) is 2. The molecule has 0 saturated carbocycles. The molecule has 2 aromatic carbocycles. The molecule has 4 heteroatoms. The van der Waals surface area contributed by atoms with Crippen LogP contribution in [0.1, 0.15) is 24.3 Å². The van der Waals surface area contributed by atoms with Gasteiger partial charge in [0.1, 0.15) is 5.70 Å². The number of benzene rings is 2. The van der Waals surface area contributed by atoms with Crippen LogP contribution in [0.25, 0.3) is 15.8 Å². The van der Waals surface area contributed by atoms with Gasteiger partial charge in [-0.05, 0) is 73.2 Å². The monoisotopic (exact) mass is 384 g/mol. The lowest BCUT2D eigenvalue weighted by atomic mass is 9.94. The summed E-state index contributed by atoms with van der Waals surface area (Å²) in [6.07, 6.45) is 3.82. The average Bonchev–Trinajstić information content (AvgIpc) is 3.11. The number of Topliss-reactive ketones (excluding diaryl/α,β-unsaturated/α-hetero) is 1. The molecule has 28 heavy (non-hydrogen) atoms. The molecule has 138 valence electrons. The summed E-state index contributed by atoms with van der Waals surface area (Å²) in [5, 5.41) is 10.4. The van der Waals surface area contributed by atoms with E-state index in [0.29, 0.717) is 0 Å². The van der Waals surface area contributed by atoms with E-state index in [0.717, 1.165) is 38.5 Å². The quantitative estimate of drug-likeness (QED) is 0.441. The maximum atomic E-state index is 12.2. The molecule has 3 aromatic rings. The molecule has 0 radical (unpaired) electrons. The normalized spacial score (nSPS) is 14.5. The standard InChI is InChI=1S/C24H20N2OS/c1-15-8-4-6-10-20(15)25-26-23(19-12-16(2)24(27)17(3)13-19)22-14-18-9-5-7-11-21(18)28-22/h4-14H,1-3H3. The highest BCUT2D eigenvalue weighted by atomic mass is 32.1. The summed E-state index contributed by atoms with van der Waals surface area (Å²) in [4.78, 5) is 13.2. The van der Waals surface area contributed by atoms with Crippen molar-refractivity contribution < 1.29 is 4.79 Å². The molecule has 0 amide bonds. The minimum Gasteiger partial charge on any atom is -0.289 e. The molecule has 1 aliphatic rings. The van der Waals surface area contributed by atoms with Gasteiger partial charge in [-0.15, -0.1) is 16.5 Å². The van der Waals surface area contributed by atoms with Crippen LogP contribution in [0.15, 0.2) is 93.7 Å². The number of hydrogen-bond acceptors (Lipinski definition) is 4. The van der Waals surface area contributed by atoms with Crippen molar-refractivity contribution in [3.8, 4) is 0 Å². The van der Waals surface area contributed by atoms with Crippen molar-refractivity contribution in [2.75, 3.05) is 0 Å². The van der Waals surface area contributed by atoms with Gasteiger partial charge in [0.15, 0.2) is 5.78 Å². The third-order valence-electron chi connectivity index (χ3n) is 4.77. The zero-order valence-corrected chi connectivity index (χ0v) is 16.9. The maximum Gasteiger partial charge on any atom is 0.184 e. The first-order valence-electron chi connectivity index (χ1n) is 9.15. The minimum atomic E-state index is 0.0790. The van der Waals surface area contributed by atoms with Gasteiger partial charge in [0, 0.05) is 10.3 Å². The molecule has 1 aromatic heterocycles. The second kappa shape index (κ2) is 7.49. The fraction of sp³-hybridized carbons (Fsp3) is 0.125. The van der Waals surface area contributed by atoms with E-state index in [-0.39, 0.29) is 5.78 Å². The molecule has 0 spiro atoms. The van der Waals surface area contributed by atoms with Crippen LogP contribution in [0.3, 0.4) is 0 Å². The van der Waals surface area contributed by atoms with Gasteiger partial charge in [-0.25, -0.2) is 0 Å². The first-order chi connectivity index (χ1) is 13.5. The Kier molecular flexibility index (Phi) is 4.88. The number of allylic oxidation sites excluding steroid dienone is 5. The van der Waals surface area contributed by atoms with Gasteiger partial charge >= 0.3 is 0 Å². The predicted octanol–water partition coefficient (Wildman–Crippen LogP) is 7.18. The number of carbonyl (C=O) groups excluding carboxylic acids is 1. The third-order valence-corrected chi connectivity index (χ3v) is 5.89. The number of carbonyl (C=O) groups is 1. The van der Waals surface area contributed by atoms with Gasteiger partial charge in [-0.3, -0.25) is 4.79 Å². The molecule has 0 unspecified atom stereocenters. The van der Waals surface area contributed by atoms with Crippen molar-refractivity contribution in [3.05, 3.63) is 93.9 Å². The van der Waals surface area contributed by atoms with E-state index in [4.69, 9.17) is 0 Å². The van der Waals surface area contributed by atoms with Gasteiger partial charge in [-0.2, -0.15) is 5.11 Å². The van der Waals surface area contributed by atoms with E-state index in [1.807, 2.05) is 69.3 Å². The highest BCUT2D eigenvalue weighted by Gasteiger charge is 2.18. The molecule has 0 saturated heterocycles. The summed E-state index contributed by atoms with van der Waals surface area (Å²) >= 11 is 1.69. The van der Waals surface area contributed by atoms with Crippen molar-refractivity contribution in [1.29, 1.82) is 0 Å². The topological polar surface area (TPSA) is 41.8 Å². The van der Waals surface area contributed by atoms with Crippen LogP contribution in [0, 0.1) is 6.92 Å². The fourth-order valence-electron chi connectivity index (χ4n) is 3.21. The lowest BCUT2D eigenvalue weighted by Gasteiger charge is -2.11. The van der Waals surface area contributed by atoms with Gasteiger partial charge in [0.2, 0.25) is 0 Å². The first kappa shape index (κ1) is 18.3. The van der Waals surface area contributed by atoms with E-state index in [1.165, 1.54) is 10.1 Å². The van der Waals surface area contributed by atoms with Crippen LogP contribution in [0.2, 0.25) is 0 Å². The number of azo groups is 1. The predicted molar refractivity (Wildman–Crippen MR) is 117 cm³/mol. The molecule has 1 heterocycles. The molecule has 0 aliphatic heterocycles. The highest BCUT2D eigenvalue weighted by Crippen LogP contribution is 2.36. The molecular weight excluding hydrogens is 364 g/mol. The van der Waals surface area contributed by atoms with Gasteiger partial charge in [0.25, 0.3) is 0 Å². The lowest BCUT2D eigenvalue weighted by molar-refractivity contribution is -0.112. The summed E-state index contributed by atoms with van der Waals surface area (Å²) in [6, 6.07) is 18.4. The largest absolute Gasteiger partial charge is 0.289 e. The summed E-state index contributed by atoms with van der Waals surface area (Å²) in [5.41, 5.74) is 5.06. The summed E-state index contributed by atoms with van der Waals surface area (Å²) in [5.74, 6) is 0.0790. The van der Waals surface area contributed by atoms with Crippen molar-refractivity contribution in [2.24, 2.45) is 10.2 Å². The van der Waals surface area contributed by atoms with E-state index in [9.17, 15) is 4.79 Å². The summed E-state index contributed by atoms with van der Waals surface area (Å²) in [6.45, 7) is 5.72. The van der Waals surface area contributed by atoms with E-state index >= 15 is 0 Å². The van der Waals surface area contributed by atoms with Crippen LogP contribution in [-0.2, 0) is 4.79 Å². The van der Waals surface area contributed by atoms with Crippen LogP contribution in [-0.4, -0.2) is 5.78 Å². The molecule has 4 rings (SSSR count). The summed E-state index contributed by atoms with van der Waals surface area (Å²) in [7, 11) is 0. The highest BCUT2D eigenvalue weighted by molar-refractivity contribution is 7.20. The molecule has 0 N–H and O–H groups in total. The van der Waals surface area contributed by atoms with Gasteiger partial charge in [-0.1, -0.05) is 36.4 Å². The van der Waals surface area contributed by atoms with Crippen molar-refractivity contribution in [1.82, 2.24) is 0 Å². The van der Waals surface area contributed by atoms with Crippen LogP contribution in [0.5, 0.6) is 0 Å². The molecule has 3 nitrogen and oxygen atoms in total. The zero-order chi connectivity index (χ0) is 19.7. The number of fused-ring (bicyclic) bond motifs is 1. The molecular formula is C24H20N2OS. The Morgan fingerprint density at radius 1 is 0.893 bits per heavy atom. The second-order valence-corrected chi connectivity index (χ2v) is 8.01. The number of thiophene rings is 1. The molecule has 0 bridgehead atoms. The Balaban J connectivity index is 1.90. The Hall–Kier alpha value is -3.11. The van der Waals surface area contributed by atoms with E-state index < -0.39 is 0 Å².